The molecule has 28 heavy (non-hydrogen) atoms. The third-order valence-electron chi connectivity index (χ3n) is 4.29. The molecule has 0 saturated carbocycles. The Kier molecular flexibility index (Phi) is 6.11. The summed E-state index contributed by atoms with van der Waals surface area (Å²) in [7, 11) is 3.47. The maximum atomic E-state index is 12.3. The van der Waals surface area contributed by atoms with Crippen LogP contribution in [0.4, 0.5) is 5.82 Å². The van der Waals surface area contributed by atoms with Crippen LogP contribution in [-0.2, 0) is 20.0 Å². The number of hydrogen-bond donors (Lipinski definition) is 1. The third kappa shape index (κ3) is 4.79. The van der Waals surface area contributed by atoms with Crippen molar-refractivity contribution < 1.29 is 4.79 Å². The number of aromatic nitrogens is 4. The Hall–Kier alpha value is -3.55. The number of pyridine rings is 2. The van der Waals surface area contributed by atoms with Crippen molar-refractivity contribution in [2.75, 3.05) is 18.5 Å². The molecule has 3 rings (SSSR count). The van der Waals surface area contributed by atoms with Crippen LogP contribution in [0, 0.1) is 0 Å². The van der Waals surface area contributed by atoms with Crippen molar-refractivity contribution in [2.45, 2.75) is 13.0 Å². The lowest BCUT2D eigenvalue weighted by atomic mass is 10.2. The average molecular weight is 378 g/mol. The van der Waals surface area contributed by atoms with Crippen molar-refractivity contribution in [3.63, 3.8) is 0 Å². The molecule has 1 N–H and O–H groups in total. The van der Waals surface area contributed by atoms with Crippen LogP contribution in [0.5, 0.6) is 0 Å². The Balaban J connectivity index is 1.65. The van der Waals surface area contributed by atoms with Crippen molar-refractivity contribution in [1.29, 1.82) is 0 Å². The molecule has 3 aromatic rings. The molecule has 0 aliphatic heterocycles. The smallest absolute Gasteiger partial charge is 0.271 e. The van der Waals surface area contributed by atoms with Gasteiger partial charge in [0.2, 0.25) is 0 Å². The van der Waals surface area contributed by atoms with Crippen molar-refractivity contribution in [1.82, 2.24) is 25.1 Å². The van der Waals surface area contributed by atoms with Gasteiger partial charge in [0.05, 0.1) is 0 Å². The van der Waals surface area contributed by atoms with Gasteiger partial charge in [-0.3, -0.25) is 14.6 Å². The van der Waals surface area contributed by atoms with Crippen molar-refractivity contribution in [3.8, 4) is 0 Å². The van der Waals surface area contributed by atoms with E-state index in [1.165, 1.54) is 19.2 Å². The minimum absolute atomic E-state index is 0.191. The number of anilines is 1. The summed E-state index contributed by atoms with van der Waals surface area (Å²) in [4.78, 5) is 34.6. The predicted molar refractivity (Wildman–Crippen MR) is 106 cm³/mol. The number of likely N-dealkylation sites (N-methyl/N-ethyl adjacent to an activating group) is 1. The summed E-state index contributed by atoms with van der Waals surface area (Å²) in [6.07, 6.45) is 4.30. The molecule has 0 spiro atoms. The second-order valence-corrected chi connectivity index (χ2v) is 6.34. The van der Waals surface area contributed by atoms with Gasteiger partial charge in [-0.2, -0.15) is 5.10 Å². The topological polar surface area (TPSA) is 93.0 Å². The number of carbonyl (C=O) groups is 1. The first-order chi connectivity index (χ1) is 13.5. The van der Waals surface area contributed by atoms with E-state index in [0.717, 1.165) is 34.7 Å². The van der Waals surface area contributed by atoms with Gasteiger partial charge < -0.3 is 10.2 Å². The van der Waals surface area contributed by atoms with Crippen molar-refractivity contribution in [3.05, 3.63) is 82.2 Å². The Bertz CT molecular complexity index is 1000. The van der Waals surface area contributed by atoms with Gasteiger partial charge in [-0.05, 0) is 24.3 Å². The summed E-state index contributed by atoms with van der Waals surface area (Å²) in [5.74, 6) is 0.452. The average Bonchev–Trinajstić information content (AvgIpc) is 2.73. The summed E-state index contributed by atoms with van der Waals surface area (Å²) in [5, 5.41) is 6.80. The molecule has 0 saturated heterocycles. The quantitative estimate of drug-likeness (QED) is 0.664. The monoisotopic (exact) mass is 378 g/mol. The van der Waals surface area contributed by atoms with Gasteiger partial charge in [-0.25, -0.2) is 9.67 Å². The number of rotatable bonds is 7. The zero-order valence-electron chi connectivity index (χ0n) is 15.9. The molecule has 0 aliphatic rings. The fraction of sp³-hybridized carbons (Fsp3) is 0.250. The number of hydrogen-bond acceptors (Lipinski definition) is 6. The molecule has 1 amide bonds. The standard InChI is InChI=1S/C20H22N6O2/c1-25(13-10-16-7-3-4-11-21-16)19-15(6-5-12-22-19)14-23-20(28)17-8-9-18(27)26(2)24-17/h3-9,11-12H,10,13-14H2,1-2H3,(H,23,28). The summed E-state index contributed by atoms with van der Waals surface area (Å²) in [6, 6.07) is 12.4. The van der Waals surface area contributed by atoms with Crippen LogP contribution in [-0.4, -0.2) is 39.2 Å². The zero-order valence-corrected chi connectivity index (χ0v) is 15.9. The van der Waals surface area contributed by atoms with Crippen LogP contribution in [0.3, 0.4) is 0 Å². The Labute approximate surface area is 162 Å². The molecule has 0 aromatic carbocycles. The van der Waals surface area contributed by atoms with Crippen LogP contribution in [0.15, 0.2) is 59.7 Å². The lowest BCUT2D eigenvalue weighted by Gasteiger charge is -2.21. The van der Waals surface area contributed by atoms with Gasteiger partial charge in [0.1, 0.15) is 11.5 Å². The summed E-state index contributed by atoms with van der Waals surface area (Å²) in [6.45, 7) is 1.05. The number of aryl methyl sites for hydroxylation is 1. The number of nitrogens with zero attached hydrogens (tertiary/aromatic N) is 5. The fourth-order valence-electron chi connectivity index (χ4n) is 2.74. The SMILES string of the molecule is CN(CCc1ccccn1)c1ncccc1CNC(=O)c1ccc(=O)n(C)n1. The largest absolute Gasteiger partial charge is 0.359 e. The maximum Gasteiger partial charge on any atom is 0.271 e. The molecular weight excluding hydrogens is 356 g/mol. The van der Waals surface area contributed by atoms with Crippen LogP contribution in [0.25, 0.3) is 0 Å². The third-order valence-corrected chi connectivity index (χ3v) is 4.29. The van der Waals surface area contributed by atoms with E-state index < -0.39 is 0 Å². The minimum atomic E-state index is -0.346. The van der Waals surface area contributed by atoms with E-state index in [1.54, 1.807) is 12.4 Å². The first-order valence-electron chi connectivity index (χ1n) is 8.92. The van der Waals surface area contributed by atoms with E-state index >= 15 is 0 Å². The second-order valence-electron chi connectivity index (χ2n) is 6.34. The molecule has 0 fully saturated rings. The lowest BCUT2D eigenvalue weighted by Crippen LogP contribution is -2.29. The Morgan fingerprint density at radius 2 is 1.93 bits per heavy atom. The molecule has 144 valence electrons. The molecule has 8 heteroatoms. The highest BCUT2D eigenvalue weighted by Crippen LogP contribution is 2.16. The minimum Gasteiger partial charge on any atom is -0.359 e. The van der Waals surface area contributed by atoms with Gasteiger partial charge >= 0.3 is 0 Å². The van der Waals surface area contributed by atoms with Gasteiger partial charge in [-0.1, -0.05) is 12.1 Å². The van der Waals surface area contributed by atoms with E-state index in [0.29, 0.717) is 6.54 Å². The number of amides is 1. The highest BCUT2D eigenvalue weighted by molar-refractivity contribution is 5.92. The number of carbonyl (C=O) groups excluding carboxylic acids is 1. The molecule has 3 aromatic heterocycles. The molecule has 0 atom stereocenters. The molecule has 0 aliphatic carbocycles. The summed E-state index contributed by atoms with van der Waals surface area (Å²) >= 11 is 0. The van der Waals surface area contributed by atoms with Crippen LogP contribution in [0.1, 0.15) is 21.7 Å². The molecule has 3 heterocycles. The highest BCUT2D eigenvalue weighted by Gasteiger charge is 2.12. The first kappa shape index (κ1) is 19.2. The molecular formula is C20H22N6O2. The molecule has 8 nitrogen and oxygen atoms in total. The molecule has 0 radical (unpaired) electrons. The Morgan fingerprint density at radius 3 is 2.68 bits per heavy atom. The van der Waals surface area contributed by atoms with Crippen molar-refractivity contribution in [2.24, 2.45) is 7.05 Å². The zero-order chi connectivity index (χ0) is 19.9. The first-order valence-corrected chi connectivity index (χ1v) is 8.92. The summed E-state index contributed by atoms with van der Waals surface area (Å²) < 4.78 is 1.13. The summed E-state index contributed by atoms with van der Waals surface area (Å²) in [5.41, 5.74) is 1.83. The van der Waals surface area contributed by atoms with Gasteiger partial charge in [0, 0.05) is 63.3 Å². The number of nitrogens with one attached hydrogen (secondary N) is 1. The molecule has 0 bridgehead atoms. The van der Waals surface area contributed by atoms with E-state index in [1.807, 2.05) is 42.3 Å². The van der Waals surface area contributed by atoms with E-state index in [-0.39, 0.29) is 17.2 Å². The molecule has 0 unspecified atom stereocenters. The van der Waals surface area contributed by atoms with E-state index in [4.69, 9.17) is 0 Å². The lowest BCUT2D eigenvalue weighted by molar-refractivity contribution is 0.0943. The van der Waals surface area contributed by atoms with Crippen LogP contribution in [0.2, 0.25) is 0 Å². The van der Waals surface area contributed by atoms with E-state index in [2.05, 4.69) is 20.4 Å². The maximum absolute atomic E-state index is 12.3. The van der Waals surface area contributed by atoms with Gasteiger partial charge in [0.25, 0.3) is 11.5 Å². The normalized spacial score (nSPS) is 10.5. The highest BCUT2D eigenvalue weighted by atomic mass is 16.2. The van der Waals surface area contributed by atoms with Crippen LogP contribution < -0.4 is 15.8 Å². The van der Waals surface area contributed by atoms with Gasteiger partial charge in [-0.15, -0.1) is 0 Å². The van der Waals surface area contributed by atoms with E-state index in [9.17, 15) is 9.59 Å². The van der Waals surface area contributed by atoms with Crippen molar-refractivity contribution >= 4 is 11.7 Å². The fourth-order valence-corrected chi connectivity index (χ4v) is 2.74. The second kappa shape index (κ2) is 8.90. The van der Waals surface area contributed by atoms with Crippen LogP contribution >= 0.6 is 0 Å². The Morgan fingerprint density at radius 1 is 1.11 bits per heavy atom. The predicted octanol–water partition coefficient (Wildman–Crippen LogP) is 1.18. The van der Waals surface area contributed by atoms with Gasteiger partial charge in [0.15, 0.2) is 0 Å².